The van der Waals surface area contributed by atoms with Crippen molar-refractivity contribution in [2.24, 2.45) is 0 Å². The van der Waals surface area contributed by atoms with Crippen LogP contribution in [-0.2, 0) is 0 Å². The van der Waals surface area contributed by atoms with Gasteiger partial charge in [-0.1, -0.05) is 0 Å². The van der Waals surface area contributed by atoms with E-state index >= 15 is 0 Å². The van der Waals surface area contributed by atoms with E-state index in [0.29, 0.717) is 0 Å². The van der Waals surface area contributed by atoms with Gasteiger partial charge in [0.15, 0.2) is 5.79 Å². The van der Waals surface area contributed by atoms with Gasteiger partial charge in [-0.05, 0) is 20.9 Å². The van der Waals surface area contributed by atoms with Crippen molar-refractivity contribution in [1.82, 2.24) is 9.80 Å². The van der Waals surface area contributed by atoms with Crippen molar-refractivity contribution in [2.45, 2.75) is 19.6 Å². The predicted molar refractivity (Wildman–Crippen MR) is 44.3 cm³/mol. The number of hydrogen-bond acceptors (Lipinski definition) is 2. The Morgan fingerprint density at radius 3 is 1.91 bits per heavy atom. The molecule has 1 rings (SSSR count). The van der Waals surface area contributed by atoms with Crippen molar-refractivity contribution < 1.29 is 4.39 Å². The van der Waals surface area contributed by atoms with Gasteiger partial charge in [-0.3, -0.25) is 4.90 Å². The van der Waals surface area contributed by atoms with Crippen LogP contribution in [0, 0.1) is 0 Å². The van der Waals surface area contributed by atoms with Crippen LogP contribution in [0.3, 0.4) is 0 Å². The number of rotatable bonds is 1. The summed E-state index contributed by atoms with van der Waals surface area (Å²) in [6.07, 6.45) is 0. The van der Waals surface area contributed by atoms with E-state index in [4.69, 9.17) is 0 Å². The van der Waals surface area contributed by atoms with E-state index in [0.717, 1.165) is 26.2 Å². The molecule has 0 aromatic heterocycles. The van der Waals surface area contributed by atoms with Gasteiger partial charge in [-0.25, -0.2) is 4.39 Å². The molecule has 0 atom stereocenters. The molecular formula is C8H17FN2. The monoisotopic (exact) mass is 160 g/mol. The summed E-state index contributed by atoms with van der Waals surface area (Å²) >= 11 is 0. The third kappa shape index (κ3) is 2.42. The molecule has 0 aromatic rings. The van der Waals surface area contributed by atoms with Gasteiger partial charge in [0.1, 0.15) is 0 Å². The Morgan fingerprint density at radius 2 is 1.55 bits per heavy atom. The van der Waals surface area contributed by atoms with Crippen molar-refractivity contribution in [3.63, 3.8) is 0 Å². The molecule has 66 valence electrons. The molecular weight excluding hydrogens is 143 g/mol. The normalized spacial score (nSPS) is 24.0. The maximum absolute atomic E-state index is 13.3. The van der Waals surface area contributed by atoms with Crippen molar-refractivity contribution in [2.75, 3.05) is 33.2 Å². The summed E-state index contributed by atoms with van der Waals surface area (Å²) in [4.78, 5) is 4.11. The highest BCUT2D eigenvalue weighted by molar-refractivity contribution is 4.76. The Hall–Kier alpha value is -0.150. The second kappa shape index (κ2) is 3.07. The summed E-state index contributed by atoms with van der Waals surface area (Å²) in [6.45, 7) is 6.90. The molecule has 0 spiro atoms. The number of nitrogens with zero attached hydrogens (tertiary/aromatic N) is 2. The minimum absolute atomic E-state index is 0.847. The van der Waals surface area contributed by atoms with E-state index in [1.165, 1.54) is 0 Å². The number of piperazine rings is 1. The average Bonchev–Trinajstić information content (AvgIpc) is 1.86. The lowest BCUT2D eigenvalue weighted by Gasteiger charge is -2.38. The molecule has 1 fully saturated rings. The highest BCUT2D eigenvalue weighted by atomic mass is 19.1. The quantitative estimate of drug-likeness (QED) is 0.527. The zero-order valence-electron chi connectivity index (χ0n) is 7.60. The molecule has 1 aliphatic rings. The van der Waals surface area contributed by atoms with Gasteiger partial charge >= 0.3 is 0 Å². The molecule has 1 saturated heterocycles. The third-order valence-electron chi connectivity index (χ3n) is 2.26. The van der Waals surface area contributed by atoms with Crippen LogP contribution < -0.4 is 0 Å². The van der Waals surface area contributed by atoms with Crippen LogP contribution in [0.15, 0.2) is 0 Å². The summed E-state index contributed by atoms with van der Waals surface area (Å²) in [7, 11) is 2.07. The molecule has 3 heteroatoms. The zero-order valence-corrected chi connectivity index (χ0v) is 7.60. The van der Waals surface area contributed by atoms with E-state index < -0.39 is 5.79 Å². The van der Waals surface area contributed by atoms with Gasteiger partial charge < -0.3 is 4.90 Å². The molecule has 0 unspecified atom stereocenters. The largest absolute Gasteiger partial charge is 0.304 e. The highest BCUT2D eigenvalue weighted by Gasteiger charge is 2.27. The molecule has 1 aliphatic heterocycles. The molecule has 0 aliphatic carbocycles. The Kier molecular flexibility index (Phi) is 2.50. The summed E-state index contributed by atoms with van der Waals surface area (Å²) in [6, 6.07) is 0. The topological polar surface area (TPSA) is 6.48 Å². The van der Waals surface area contributed by atoms with E-state index in [1.54, 1.807) is 13.8 Å². The van der Waals surface area contributed by atoms with Crippen molar-refractivity contribution in [3.8, 4) is 0 Å². The number of hydrogen-bond donors (Lipinski definition) is 0. The Bertz CT molecular complexity index is 123. The first-order valence-corrected chi connectivity index (χ1v) is 4.12. The van der Waals surface area contributed by atoms with Crippen molar-refractivity contribution in [3.05, 3.63) is 0 Å². The van der Waals surface area contributed by atoms with Crippen LogP contribution in [-0.4, -0.2) is 48.8 Å². The fourth-order valence-electron chi connectivity index (χ4n) is 1.34. The third-order valence-corrected chi connectivity index (χ3v) is 2.26. The number of alkyl halides is 1. The van der Waals surface area contributed by atoms with Crippen LogP contribution in [0.25, 0.3) is 0 Å². The first-order chi connectivity index (χ1) is 5.00. The number of halogens is 1. The minimum atomic E-state index is -1.14. The lowest BCUT2D eigenvalue weighted by atomic mass is 10.2. The predicted octanol–water partition coefficient (Wildman–Crippen LogP) is 0.939. The molecule has 0 saturated carbocycles. The second-order valence-electron chi connectivity index (χ2n) is 3.70. The Balaban J connectivity index is 2.39. The maximum Gasteiger partial charge on any atom is 0.158 e. The van der Waals surface area contributed by atoms with E-state index in [2.05, 4.69) is 11.9 Å². The highest BCUT2D eigenvalue weighted by Crippen LogP contribution is 2.16. The Labute approximate surface area is 68.0 Å². The lowest BCUT2D eigenvalue weighted by Crippen LogP contribution is -2.51. The zero-order chi connectivity index (χ0) is 8.48. The summed E-state index contributed by atoms with van der Waals surface area (Å²) in [5, 5.41) is 0. The average molecular weight is 160 g/mol. The summed E-state index contributed by atoms with van der Waals surface area (Å²) in [5.74, 6) is -1.14. The number of likely N-dealkylation sites (N-methyl/N-ethyl adjacent to an activating group) is 1. The molecule has 0 aromatic carbocycles. The fourth-order valence-corrected chi connectivity index (χ4v) is 1.34. The van der Waals surface area contributed by atoms with Crippen LogP contribution in [0.4, 0.5) is 4.39 Å². The van der Waals surface area contributed by atoms with Crippen molar-refractivity contribution in [1.29, 1.82) is 0 Å². The van der Waals surface area contributed by atoms with Gasteiger partial charge in [0.25, 0.3) is 0 Å². The molecule has 2 nitrogen and oxygen atoms in total. The van der Waals surface area contributed by atoms with Gasteiger partial charge in [0.05, 0.1) is 0 Å². The van der Waals surface area contributed by atoms with Gasteiger partial charge in [0, 0.05) is 26.2 Å². The summed E-state index contributed by atoms with van der Waals surface area (Å²) in [5.41, 5.74) is 0. The fraction of sp³-hybridized carbons (Fsp3) is 1.00. The van der Waals surface area contributed by atoms with Crippen molar-refractivity contribution >= 4 is 0 Å². The van der Waals surface area contributed by atoms with Gasteiger partial charge in [-0.2, -0.15) is 0 Å². The standard InChI is InChI=1S/C8H17FN2/c1-8(2,9)11-6-4-10(3)5-7-11/h4-7H2,1-3H3. The lowest BCUT2D eigenvalue weighted by molar-refractivity contribution is -0.0285. The van der Waals surface area contributed by atoms with Crippen LogP contribution >= 0.6 is 0 Å². The first-order valence-electron chi connectivity index (χ1n) is 4.12. The molecule has 11 heavy (non-hydrogen) atoms. The second-order valence-corrected chi connectivity index (χ2v) is 3.70. The van der Waals surface area contributed by atoms with Crippen LogP contribution in [0.2, 0.25) is 0 Å². The van der Waals surface area contributed by atoms with Gasteiger partial charge in [0.2, 0.25) is 0 Å². The summed E-state index contributed by atoms with van der Waals surface area (Å²) < 4.78 is 13.3. The van der Waals surface area contributed by atoms with E-state index in [1.807, 2.05) is 4.90 Å². The van der Waals surface area contributed by atoms with E-state index in [-0.39, 0.29) is 0 Å². The minimum Gasteiger partial charge on any atom is -0.304 e. The van der Waals surface area contributed by atoms with Crippen LogP contribution in [0.1, 0.15) is 13.8 Å². The molecule has 0 bridgehead atoms. The smallest absolute Gasteiger partial charge is 0.158 e. The molecule has 0 radical (unpaired) electrons. The molecule has 0 amide bonds. The van der Waals surface area contributed by atoms with E-state index in [9.17, 15) is 4.39 Å². The van der Waals surface area contributed by atoms with Crippen LogP contribution in [0.5, 0.6) is 0 Å². The van der Waals surface area contributed by atoms with Gasteiger partial charge in [-0.15, -0.1) is 0 Å². The molecule has 1 heterocycles. The maximum atomic E-state index is 13.3. The first kappa shape index (κ1) is 8.94. The molecule has 0 N–H and O–H groups in total. The Morgan fingerprint density at radius 1 is 1.09 bits per heavy atom. The SMILES string of the molecule is CN1CCN(C(C)(C)F)CC1.